The van der Waals surface area contributed by atoms with Gasteiger partial charge in [0, 0.05) is 23.7 Å². The molecular formula is C23H29ClFN3O4S. The van der Waals surface area contributed by atoms with Crippen LogP contribution in [0.25, 0.3) is 0 Å². The molecule has 0 aliphatic heterocycles. The lowest BCUT2D eigenvalue weighted by Gasteiger charge is -2.31. The number of sulfonamides is 1. The van der Waals surface area contributed by atoms with Crippen molar-refractivity contribution >= 4 is 39.1 Å². The van der Waals surface area contributed by atoms with Crippen LogP contribution in [0.1, 0.15) is 32.3 Å². The average Bonchev–Trinajstić information content (AvgIpc) is 2.76. The van der Waals surface area contributed by atoms with Crippen molar-refractivity contribution in [2.45, 2.75) is 39.3 Å². The molecule has 0 aromatic heterocycles. The van der Waals surface area contributed by atoms with Crippen molar-refractivity contribution < 1.29 is 22.4 Å². The van der Waals surface area contributed by atoms with Crippen LogP contribution in [0.15, 0.2) is 48.5 Å². The number of carbonyl (C=O) groups is 2. The molecule has 7 nitrogen and oxygen atoms in total. The Morgan fingerprint density at radius 2 is 1.76 bits per heavy atom. The van der Waals surface area contributed by atoms with Crippen molar-refractivity contribution in [1.29, 1.82) is 0 Å². The fraction of sp³-hybridized carbons (Fsp3) is 0.391. The van der Waals surface area contributed by atoms with Gasteiger partial charge in [0.15, 0.2) is 0 Å². The number of nitrogens with one attached hydrogen (secondary N) is 1. The summed E-state index contributed by atoms with van der Waals surface area (Å²) in [7, 11) is -3.84. The molecule has 0 saturated carbocycles. The number of halogens is 2. The fourth-order valence-electron chi connectivity index (χ4n) is 3.15. The zero-order valence-electron chi connectivity index (χ0n) is 18.9. The molecule has 2 amide bonds. The normalized spacial score (nSPS) is 12.2. The number of unbranched alkanes of at least 4 members (excludes halogenated alkanes) is 1. The summed E-state index contributed by atoms with van der Waals surface area (Å²) in [5.74, 6) is -1.56. The first-order valence-corrected chi connectivity index (χ1v) is 12.8. The molecule has 33 heavy (non-hydrogen) atoms. The van der Waals surface area contributed by atoms with Gasteiger partial charge in [-0.25, -0.2) is 12.8 Å². The van der Waals surface area contributed by atoms with E-state index in [4.69, 9.17) is 11.6 Å². The molecule has 1 unspecified atom stereocenters. The molecule has 180 valence electrons. The topological polar surface area (TPSA) is 86.8 Å². The van der Waals surface area contributed by atoms with Crippen molar-refractivity contribution in [3.63, 3.8) is 0 Å². The average molecular weight is 498 g/mol. The van der Waals surface area contributed by atoms with Crippen LogP contribution in [-0.4, -0.2) is 50.5 Å². The molecule has 10 heteroatoms. The summed E-state index contributed by atoms with van der Waals surface area (Å²) in [5, 5.41) is 3.18. The van der Waals surface area contributed by atoms with Gasteiger partial charge < -0.3 is 10.2 Å². The second-order valence-corrected chi connectivity index (χ2v) is 10.0. The minimum Gasteiger partial charge on any atom is -0.354 e. The summed E-state index contributed by atoms with van der Waals surface area (Å²) in [6.45, 7) is 3.22. The number of hydrogen-bond donors (Lipinski definition) is 1. The van der Waals surface area contributed by atoms with E-state index < -0.39 is 40.2 Å². The highest BCUT2D eigenvalue weighted by Crippen LogP contribution is 2.21. The Morgan fingerprint density at radius 1 is 1.12 bits per heavy atom. The molecule has 1 N–H and O–H groups in total. The minimum absolute atomic E-state index is 0.188. The van der Waals surface area contributed by atoms with Gasteiger partial charge in [0.05, 0.1) is 11.9 Å². The number of nitrogens with zero attached hydrogens (tertiary/aromatic N) is 2. The van der Waals surface area contributed by atoms with Crippen molar-refractivity contribution in [3.8, 4) is 0 Å². The molecule has 2 aromatic rings. The molecule has 0 heterocycles. The SMILES string of the molecule is CCCCNC(=O)C(C)N(Cc1ccccc1F)C(=O)CN(c1ccc(Cl)cc1)S(C)(=O)=O. The second kappa shape index (κ2) is 12.0. The summed E-state index contributed by atoms with van der Waals surface area (Å²) in [5.41, 5.74) is 0.470. The van der Waals surface area contributed by atoms with E-state index in [9.17, 15) is 22.4 Å². The summed E-state index contributed by atoms with van der Waals surface area (Å²) < 4.78 is 40.2. The highest BCUT2D eigenvalue weighted by atomic mass is 35.5. The van der Waals surface area contributed by atoms with E-state index in [2.05, 4.69) is 5.32 Å². The predicted octanol–water partition coefficient (Wildman–Crippen LogP) is 3.58. The number of benzene rings is 2. The Morgan fingerprint density at radius 3 is 2.33 bits per heavy atom. The third-order valence-electron chi connectivity index (χ3n) is 5.09. The van der Waals surface area contributed by atoms with E-state index in [0.717, 1.165) is 23.4 Å². The number of anilines is 1. The lowest BCUT2D eigenvalue weighted by atomic mass is 10.1. The van der Waals surface area contributed by atoms with Crippen LogP contribution < -0.4 is 9.62 Å². The van der Waals surface area contributed by atoms with Crippen molar-refractivity contribution in [3.05, 3.63) is 64.9 Å². The molecule has 0 saturated heterocycles. The third-order valence-corrected chi connectivity index (χ3v) is 6.48. The van der Waals surface area contributed by atoms with Gasteiger partial charge in [0.1, 0.15) is 18.4 Å². The van der Waals surface area contributed by atoms with Crippen LogP contribution in [0.4, 0.5) is 10.1 Å². The standard InChI is InChI=1S/C23H29ClFN3O4S/c1-4-5-14-26-23(30)17(2)27(15-18-8-6-7-9-21(18)25)22(29)16-28(33(3,31)32)20-12-10-19(24)11-13-20/h6-13,17H,4-5,14-16H2,1-3H3,(H,26,30). The molecule has 0 bridgehead atoms. The summed E-state index contributed by atoms with van der Waals surface area (Å²) in [6.07, 6.45) is 2.64. The van der Waals surface area contributed by atoms with Gasteiger partial charge in [-0.1, -0.05) is 43.1 Å². The van der Waals surface area contributed by atoms with E-state index in [0.29, 0.717) is 11.6 Å². The van der Waals surface area contributed by atoms with Crippen molar-refractivity contribution in [1.82, 2.24) is 10.2 Å². The van der Waals surface area contributed by atoms with Crippen LogP contribution >= 0.6 is 11.6 Å². The summed E-state index contributed by atoms with van der Waals surface area (Å²) in [4.78, 5) is 27.2. The Labute approximate surface area is 199 Å². The van der Waals surface area contributed by atoms with Crippen LogP contribution in [0.3, 0.4) is 0 Å². The van der Waals surface area contributed by atoms with Gasteiger partial charge in [-0.2, -0.15) is 0 Å². The minimum atomic E-state index is -3.84. The molecule has 2 aromatic carbocycles. The third kappa shape index (κ3) is 7.71. The molecule has 1 atom stereocenters. The zero-order chi connectivity index (χ0) is 24.6. The van der Waals surface area contributed by atoms with Crippen molar-refractivity contribution in [2.75, 3.05) is 23.7 Å². The van der Waals surface area contributed by atoms with E-state index in [1.54, 1.807) is 6.07 Å². The Balaban J connectivity index is 2.35. The van der Waals surface area contributed by atoms with Crippen LogP contribution in [-0.2, 0) is 26.2 Å². The van der Waals surface area contributed by atoms with Crippen LogP contribution in [0, 0.1) is 5.82 Å². The predicted molar refractivity (Wildman–Crippen MR) is 128 cm³/mol. The lowest BCUT2D eigenvalue weighted by molar-refractivity contribution is -0.139. The molecule has 0 aliphatic rings. The number of hydrogen-bond acceptors (Lipinski definition) is 4. The van der Waals surface area contributed by atoms with Crippen LogP contribution in [0.2, 0.25) is 5.02 Å². The number of rotatable bonds is 11. The van der Waals surface area contributed by atoms with Crippen LogP contribution in [0.5, 0.6) is 0 Å². The Hall–Kier alpha value is -2.65. The summed E-state index contributed by atoms with van der Waals surface area (Å²) in [6, 6.07) is 11.0. The molecule has 0 aliphatic carbocycles. The number of amides is 2. The molecule has 2 rings (SSSR count). The highest BCUT2D eigenvalue weighted by Gasteiger charge is 2.30. The molecule has 0 spiro atoms. The van der Waals surface area contributed by atoms with Crippen molar-refractivity contribution in [2.24, 2.45) is 0 Å². The molecule has 0 fully saturated rings. The Bertz CT molecular complexity index is 1060. The first kappa shape index (κ1) is 26.6. The lowest BCUT2D eigenvalue weighted by Crippen LogP contribution is -2.51. The maximum atomic E-state index is 14.3. The van der Waals surface area contributed by atoms with E-state index in [1.807, 2.05) is 6.92 Å². The largest absolute Gasteiger partial charge is 0.354 e. The van der Waals surface area contributed by atoms with E-state index in [-0.39, 0.29) is 17.8 Å². The van der Waals surface area contributed by atoms with Gasteiger partial charge in [-0.05, 0) is 43.7 Å². The monoisotopic (exact) mass is 497 g/mol. The first-order valence-electron chi connectivity index (χ1n) is 10.6. The zero-order valence-corrected chi connectivity index (χ0v) is 20.5. The quantitative estimate of drug-likeness (QED) is 0.481. The van der Waals surface area contributed by atoms with Gasteiger partial charge in [-0.3, -0.25) is 13.9 Å². The number of carbonyl (C=O) groups excluding carboxylic acids is 2. The molecular weight excluding hydrogens is 469 g/mol. The maximum Gasteiger partial charge on any atom is 0.244 e. The highest BCUT2D eigenvalue weighted by molar-refractivity contribution is 7.92. The van der Waals surface area contributed by atoms with E-state index >= 15 is 0 Å². The van der Waals surface area contributed by atoms with E-state index in [1.165, 1.54) is 54.3 Å². The van der Waals surface area contributed by atoms with Gasteiger partial charge in [0.2, 0.25) is 21.8 Å². The second-order valence-electron chi connectivity index (χ2n) is 7.68. The summed E-state index contributed by atoms with van der Waals surface area (Å²) >= 11 is 5.90. The molecule has 0 radical (unpaired) electrons. The van der Waals surface area contributed by atoms with Gasteiger partial charge >= 0.3 is 0 Å². The fourth-order valence-corrected chi connectivity index (χ4v) is 4.13. The smallest absolute Gasteiger partial charge is 0.244 e. The Kier molecular flexibility index (Phi) is 9.67. The van der Waals surface area contributed by atoms with Gasteiger partial charge in [-0.15, -0.1) is 0 Å². The first-order chi connectivity index (χ1) is 15.5. The van der Waals surface area contributed by atoms with Gasteiger partial charge in [0.25, 0.3) is 0 Å². The maximum absolute atomic E-state index is 14.3.